The van der Waals surface area contributed by atoms with Gasteiger partial charge in [-0.15, -0.1) is 0 Å². The molecule has 0 bridgehead atoms. The molecule has 0 radical (unpaired) electrons. The fourth-order valence-corrected chi connectivity index (χ4v) is 0.740. The molecule has 4 heteroatoms. The second kappa shape index (κ2) is 7.89. The monoisotopic (exact) mass is 188 g/mol. The highest BCUT2D eigenvalue weighted by molar-refractivity contribution is 5.85. The summed E-state index contributed by atoms with van der Waals surface area (Å²) in [6.45, 7) is 1.97. The average molecular weight is 188 g/mol. The predicted molar refractivity (Wildman–Crippen MR) is 47.4 cm³/mol. The molecule has 0 aromatic heterocycles. The SMILES string of the molecule is CC(=O)CCC(=O)COCCCO. The maximum absolute atomic E-state index is 11.0. The number of carbonyl (C=O) groups excluding carboxylic acids is 2. The van der Waals surface area contributed by atoms with Crippen molar-refractivity contribution in [3.05, 3.63) is 0 Å². The van der Waals surface area contributed by atoms with E-state index in [1.807, 2.05) is 0 Å². The van der Waals surface area contributed by atoms with E-state index >= 15 is 0 Å². The van der Waals surface area contributed by atoms with Crippen LogP contribution in [0.2, 0.25) is 0 Å². The first-order chi connectivity index (χ1) is 6.16. The molecule has 0 aliphatic heterocycles. The fourth-order valence-electron chi connectivity index (χ4n) is 0.740. The molecule has 0 amide bonds. The van der Waals surface area contributed by atoms with Gasteiger partial charge in [-0.3, -0.25) is 4.79 Å². The van der Waals surface area contributed by atoms with Gasteiger partial charge in [-0.1, -0.05) is 0 Å². The summed E-state index contributed by atoms with van der Waals surface area (Å²) in [6.07, 6.45) is 1.09. The van der Waals surface area contributed by atoms with Crippen molar-refractivity contribution in [1.82, 2.24) is 0 Å². The number of carbonyl (C=O) groups is 2. The molecule has 0 aliphatic rings. The lowest BCUT2D eigenvalue weighted by Crippen LogP contribution is -2.11. The largest absolute Gasteiger partial charge is 0.396 e. The summed E-state index contributed by atoms with van der Waals surface area (Å²) in [5.74, 6) is -0.0446. The van der Waals surface area contributed by atoms with Gasteiger partial charge in [0.15, 0.2) is 5.78 Å². The molecule has 0 atom stereocenters. The number of aliphatic hydroxyl groups excluding tert-OH is 1. The lowest BCUT2D eigenvalue weighted by Gasteiger charge is -2.00. The van der Waals surface area contributed by atoms with Crippen LogP contribution in [0.25, 0.3) is 0 Å². The topological polar surface area (TPSA) is 63.6 Å². The van der Waals surface area contributed by atoms with E-state index in [0.29, 0.717) is 19.4 Å². The molecule has 0 aliphatic carbocycles. The molecule has 4 nitrogen and oxygen atoms in total. The molecule has 0 heterocycles. The lowest BCUT2D eigenvalue weighted by molar-refractivity contribution is -0.126. The molecular formula is C9H16O4. The lowest BCUT2D eigenvalue weighted by atomic mass is 10.2. The summed E-state index contributed by atoms with van der Waals surface area (Å²) >= 11 is 0. The van der Waals surface area contributed by atoms with E-state index < -0.39 is 0 Å². The van der Waals surface area contributed by atoms with Crippen LogP contribution in [0.15, 0.2) is 0 Å². The maximum Gasteiger partial charge on any atom is 0.158 e. The minimum atomic E-state index is -0.0619. The van der Waals surface area contributed by atoms with Crippen LogP contribution < -0.4 is 0 Å². The molecule has 0 saturated heterocycles. The standard InChI is InChI=1S/C9H16O4/c1-8(11)3-4-9(12)7-13-6-2-5-10/h10H,2-7H2,1H3. The Bertz CT molecular complexity index is 165. The summed E-state index contributed by atoms with van der Waals surface area (Å²) in [5, 5.41) is 8.40. The van der Waals surface area contributed by atoms with E-state index in [-0.39, 0.29) is 31.2 Å². The first-order valence-corrected chi connectivity index (χ1v) is 4.36. The number of ketones is 2. The number of ether oxygens (including phenoxy) is 1. The van der Waals surface area contributed by atoms with Gasteiger partial charge in [0.25, 0.3) is 0 Å². The van der Waals surface area contributed by atoms with Crippen molar-refractivity contribution in [3.63, 3.8) is 0 Å². The first kappa shape index (κ1) is 12.3. The first-order valence-electron chi connectivity index (χ1n) is 4.36. The highest BCUT2D eigenvalue weighted by Gasteiger charge is 2.03. The Kier molecular flexibility index (Phi) is 7.44. The van der Waals surface area contributed by atoms with Crippen molar-refractivity contribution in [2.45, 2.75) is 26.2 Å². The highest BCUT2D eigenvalue weighted by atomic mass is 16.5. The Morgan fingerprint density at radius 3 is 2.54 bits per heavy atom. The summed E-state index contributed by atoms with van der Waals surface area (Å²) in [7, 11) is 0. The number of hydrogen-bond donors (Lipinski definition) is 1. The maximum atomic E-state index is 11.0. The van der Waals surface area contributed by atoms with E-state index in [1.54, 1.807) is 0 Å². The van der Waals surface area contributed by atoms with Gasteiger partial charge in [0.05, 0.1) is 0 Å². The molecule has 0 unspecified atom stereocenters. The molecule has 13 heavy (non-hydrogen) atoms. The van der Waals surface area contributed by atoms with Crippen LogP contribution in [-0.2, 0) is 14.3 Å². The van der Waals surface area contributed by atoms with E-state index in [0.717, 1.165) is 0 Å². The summed E-state index contributed by atoms with van der Waals surface area (Å²) in [6, 6.07) is 0. The normalized spacial score (nSPS) is 10.0. The number of rotatable bonds is 8. The Hall–Kier alpha value is -0.740. The molecule has 0 aromatic rings. The van der Waals surface area contributed by atoms with Crippen LogP contribution in [0.1, 0.15) is 26.2 Å². The van der Waals surface area contributed by atoms with Crippen LogP contribution in [0.4, 0.5) is 0 Å². The Morgan fingerprint density at radius 1 is 1.31 bits per heavy atom. The minimum Gasteiger partial charge on any atom is -0.396 e. The van der Waals surface area contributed by atoms with Crippen LogP contribution >= 0.6 is 0 Å². The van der Waals surface area contributed by atoms with Gasteiger partial charge in [0, 0.05) is 26.1 Å². The second-order valence-corrected chi connectivity index (χ2v) is 2.87. The van der Waals surface area contributed by atoms with Crippen LogP contribution in [0.5, 0.6) is 0 Å². The van der Waals surface area contributed by atoms with E-state index in [1.165, 1.54) is 6.92 Å². The molecule has 1 N–H and O–H groups in total. The third-order valence-electron chi connectivity index (χ3n) is 1.47. The van der Waals surface area contributed by atoms with Crippen LogP contribution in [0.3, 0.4) is 0 Å². The van der Waals surface area contributed by atoms with Gasteiger partial charge >= 0.3 is 0 Å². The number of hydrogen-bond acceptors (Lipinski definition) is 4. The van der Waals surface area contributed by atoms with Crippen molar-refractivity contribution < 1.29 is 19.4 Å². The number of aliphatic hydroxyl groups is 1. The number of Topliss-reactive ketones (excluding diaryl/α,β-unsaturated/α-hetero) is 2. The molecule has 0 aromatic carbocycles. The van der Waals surface area contributed by atoms with Crippen molar-refractivity contribution in [1.29, 1.82) is 0 Å². The van der Waals surface area contributed by atoms with Gasteiger partial charge in [-0.2, -0.15) is 0 Å². The summed E-state index contributed by atoms with van der Waals surface area (Å²) in [5.41, 5.74) is 0. The molecule has 0 rings (SSSR count). The molecule has 0 saturated carbocycles. The van der Waals surface area contributed by atoms with Crippen molar-refractivity contribution >= 4 is 11.6 Å². The van der Waals surface area contributed by atoms with Crippen molar-refractivity contribution in [2.75, 3.05) is 19.8 Å². The molecular weight excluding hydrogens is 172 g/mol. The highest BCUT2D eigenvalue weighted by Crippen LogP contribution is 1.93. The smallest absolute Gasteiger partial charge is 0.158 e. The van der Waals surface area contributed by atoms with Crippen LogP contribution in [-0.4, -0.2) is 36.5 Å². The minimum absolute atomic E-state index is 0.0173. The van der Waals surface area contributed by atoms with E-state index in [2.05, 4.69) is 0 Å². The van der Waals surface area contributed by atoms with Gasteiger partial charge in [-0.25, -0.2) is 0 Å². The van der Waals surface area contributed by atoms with Crippen LogP contribution in [0, 0.1) is 0 Å². The quantitative estimate of drug-likeness (QED) is 0.557. The van der Waals surface area contributed by atoms with Gasteiger partial charge < -0.3 is 14.6 Å². The fraction of sp³-hybridized carbons (Fsp3) is 0.778. The predicted octanol–water partition coefficient (Wildman–Crippen LogP) is 0.324. The average Bonchev–Trinajstić information content (AvgIpc) is 2.09. The van der Waals surface area contributed by atoms with Gasteiger partial charge in [0.1, 0.15) is 12.4 Å². The Labute approximate surface area is 77.9 Å². The van der Waals surface area contributed by atoms with Gasteiger partial charge in [-0.05, 0) is 13.3 Å². The zero-order valence-corrected chi connectivity index (χ0v) is 7.91. The second-order valence-electron chi connectivity index (χ2n) is 2.87. The van der Waals surface area contributed by atoms with Crippen molar-refractivity contribution in [3.8, 4) is 0 Å². The summed E-state index contributed by atoms with van der Waals surface area (Å²) < 4.78 is 4.95. The Balaban J connectivity index is 3.25. The van der Waals surface area contributed by atoms with E-state index in [9.17, 15) is 9.59 Å². The Morgan fingerprint density at radius 2 is 2.00 bits per heavy atom. The molecule has 0 spiro atoms. The summed E-state index contributed by atoms with van der Waals surface area (Å²) in [4.78, 5) is 21.5. The molecule has 0 fully saturated rings. The third kappa shape index (κ3) is 9.17. The zero-order chi connectivity index (χ0) is 10.1. The molecule has 76 valence electrons. The third-order valence-corrected chi connectivity index (χ3v) is 1.47. The zero-order valence-electron chi connectivity index (χ0n) is 7.91. The van der Waals surface area contributed by atoms with Gasteiger partial charge in [0.2, 0.25) is 0 Å². The van der Waals surface area contributed by atoms with Crippen molar-refractivity contribution in [2.24, 2.45) is 0 Å². The van der Waals surface area contributed by atoms with E-state index in [4.69, 9.17) is 9.84 Å².